The van der Waals surface area contributed by atoms with Crippen molar-refractivity contribution in [2.45, 2.75) is 0 Å². The van der Waals surface area contributed by atoms with Crippen LogP contribution in [-0.2, 0) is 0 Å². The number of pyridine rings is 1. The summed E-state index contributed by atoms with van der Waals surface area (Å²) in [6, 6.07) is 9.30. The average Bonchev–Trinajstić information content (AvgIpc) is 2.41. The number of hydrogen-bond acceptors (Lipinski definition) is 4. The van der Waals surface area contributed by atoms with Crippen LogP contribution in [0.25, 0.3) is 0 Å². The van der Waals surface area contributed by atoms with Gasteiger partial charge in [-0.15, -0.1) is 0 Å². The molecule has 1 aromatic heterocycles. The fourth-order valence-corrected chi connectivity index (χ4v) is 1.50. The van der Waals surface area contributed by atoms with Crippen molar-refractivity contribution in [1.29, 1.82) is 5.26 Å². The van der Waals surface area contributed by atoms with Crippen LogP contribution in [0.3, 0.4) is 0 Å². The van der Waals surface area contributed by atoms with Crippen molar-refractivity contribution in [3.63, 3.8) is 0 Å². The first-order chi connectivity index (χ1) is 9.10. The molecule has 3 N–H and O–H groups in total. The number of benzene rings is 1. The minimum Gasteiger partial charge on any atom is -0.383 e. The summed E-state index contributed by atoms with van der Waals surface area (Å²) in [5.41, 5.74) is 6.29. The fourth-order valence-electron chi connectivity index (χ4n) is 1.50. The van der Waals surface area contributed by atoms with E-state index >= 15 is 0 Å². The van der Waals surface area contributed by atoms with Crippen molar-refractivity contribution < 1.29 is 9.18 Å². The van der Waals surface area contributed by atoms with E-state index in [0.717, 1.165) is 12.3 Å². The standard InChI is InChI=1S/C13H9FN4O/c14-9-5-11(12(16)17-7-9)13(19)18-10-3-1-2-8(4-10)6-15/h1-5,7H,(H2,16,17)(H,18,19). The third-order valence-electron chi connectivity index (χ3n) is 2.38. The molecule has 0 bridgehead atoms. The first kappa shape index (κ1) is 12.5. The van der Waals surface area contributed by atoms with Crippen LogP contribution in [0.4, 0.5) is 15.9 Å². The number of amides is 1. The molecule has 0 radical (unpaired) electrons. The Labute approximate surface area is 108 Å². The molecule has 0 aliphatic carbocycles. The van der Waals surface area contributed by atoms with Gasteiger partial charge in [-0.3, -0.25) is 4.79 Å². The highest BCUT2D eigenvalue weighted by molar-refractivity contribution is 6.07. The SMILES string of the molecule is N#Cc1cccc(NC(=O)c2cc(F)cnc2N)c1. The van der Waals surface area contributed by atoms with Gasteiger partial charge in [0.05, 0.1) is 23.4 Å². The Morgan fingerprint density at radius 3 is 2.95 bits per heavy atom. The van der Waals surface area contributed by atoms with E-state index in [2.05, 4.69) is 10.3 Å². The van der Waals surface area contributed by atoms with Crippen LogP contribution in [0.15, 0.2) is 36.5 Å². The highest BCUT2D eigenvalue weighted by Crippen LogP contribution is 2.15. The summed E-state index contributed by atoms with van der Waals surface area (Å²) in [5.74, 6) is -1.29. The van der Waals surface area contributed by atoms with Gasteiger partial charge in [-0.2, -0.15) is 5.26 Å². The van der Waals surface area contributed by atoms with Crippen molar-refractivity contribution >= 4 is 17.4 Å². The second kappa shape index (κ2) is 5.14. The molecule has 19 heavy (non-hydrogen) atoms. The molecule has 2 rings (SSSR count). The highest BCUT2D eigenvalue weighted by atomic mass is 19.1. The summed E-state index contributed by atoms with van der Waals surface area (Å²) in [4.78, 5) is 15.5. The van der Waals surface area contributed by atoms with Crippen LogP contribution in [0.1, 0.15) is 15.9 Å². The Morgan fingerprint density at radius 1 is 1.42 bits per heavy atom. The van der Waals surface area contributed by atoms with Crippen molar-refractivity contribution in [3.8, 4) is 6.07 Å². The number of anilines is 2. The third kappa shape index (κ3) is 2.84. The summed E-state index contributed by atoms with van der Waals surface area (Å²) >= 11 is 0. The Balaban J connectivity index is 2.26. The van der Waals surface area contributed by atoms with Gasteiger partial charge in [0.15, 0.2) is 0 Å². The number of nitriles is 1. The van der Waals surface area contributed by atoms with Crippen LogP contribution in [0.5, 0.6) is 0 Å². The van der Waals surface area contributed by atoms with E-state index in [4.69, 9.17) is 11.0 Å². The van der Waals surface area contributed by atoms with Crippen molar-refractivity contribution in [3.05, 3.63) is 53.5 Å². The Kier molecular flexibility index (Phi) is 3.39. The van der Waals surface area contributed by atoms with E-state index in [-0.39, 0.29) is 11.4 Å². The summed E-state index contributed by atoms with van der Waals surface area (Å²) in [6.07, 6.45) is 0.933. The van der Waals surface area contributed by atoms with Crippen LogP contribution in [0.2, 0.25) is 0 Å². The molecule has 0 fully saturated rings. The topological polar surface area (TPSA) is 91.8 Å². The average molecular weight is 256 g/mol. The Morgan fingerprint density at radius 2 is 2.21 bits per heavy atom. The Hall–Kier alpha value is -2.94. The number of hydrogen-bond donors (Lipinski definition) is 2. The molecule has 0 saturated carbocycles. The number of carbonyl (C=O) groups excluding carboxylic acids is 1. The van der Waals surface area contributed by atoms with Gasteiger partial charge in [0.25, 0.3) is 5.91 Å². The summed E-state index contributed by atoms with van der Waals surface area (Å²) in [5, 5.41) is 11.3. The van der Waals surface area contributed by atoms with E-state index in [1.807, 2.05) is 6.07 Å². The molecule has 1 aromatic carbocycles. The van der Waals surface area contributed by atoms with Crippen molar-refractivity contribution in [2.75, 3.05) is 11.1 Å². The van der Waals surface area contributed by atoms with Gasteiger partial charge in [0.1, 0.15) is 11.6 Å². The van der Waals surface area contributed by atoms with Crippen LogP contribution in [-0.4, -0.2) is 10.9 Å². The first-order valence-electron chi connectivity index (χ1n) is 5.32. The largest absolute Gasteiger partial charge is 0.383 e. The maximum Gasteiger partial charge on any atom is 0.259 e. The van der Waals surface area contributed by atoms with Crippen molar-refractivity contribution in [2.24, 2.45) is 0 Å². The molecule has 94 valence electrons. The maximum absolute atomic E-state index is 13.0. The second-order valence-electron chi connectivity index (χ2n) is 3.73. The van der Waals surface area contributed by atoms with Crippen LogP contribution in [0, 0.1) is 17.1 Å². The molecule has 1 amide bonds. The van der Waals surface area contributed by atoms with Gasteiger partial charge >= 0.3 is 0 Å². The van der Waals surface area contributed by atoms with E-state index in [1.165, 1.54) is 6.07 Å². The molecule has 0 atom stereocenters. The number of aromatic nitrogens is 1. The normalized spacial score (nSPS) is 9.68. The van der Waals surface area contributed by atoms with Gasteiger partial charge in [0, 0.05) is 5.69 Å². The number of nitrogens with two attached hydrogens (primary N) is 1. The molecule has 0 saturated heterocycles. The number of halogens is 1. The lowest BCUT2D eigenvalue weighted by atomic mass is 10.2. The van der Waals surface area contributed by atoms with Gasteiger partial charge in [0.2, 0.25) is 0 Å². The molecular formula is C13H9FN4O. The maximum atomic E-state index is 13.0. The smallest absolute Gasteiger partial charge is 0.259 e. The van der Waals surface area contributed by atoms with Crippen LogP contribution < -0.4 is 11.1 Å². The lowest BCUT2D eigenvalue weighted by Crippen LogP contribution is -2.15. The van der Waals surface area contributed by atoms with E-state index in [1.54, 1.807) is 18.2 Å². The number of nitrogen functional groups attached to an aromatic ring is 1. The summed E-state index contributed by atoms with van der Waals surface area (Å²) in [7, 11) is 0. The molecule has 1 heterocycles. The molecule has 5 nitrogen and oxygen atoms in total. The first-order valence-corrected chi connectivity index (χ1v) is 5.32. The second-order valence-corrected chi connectivity index (χ2v) is 3.73. The molecule has 0 unspecified atom stereocenters. The minimum atomic E-state index is -0.648. The zero-order valence-electron chi connectivity index (χ0n) is 9.72. The third-order valence-corrected chi connectivity index (χ3v) is 2.38. The zero-order valence-corrected chi connectivity index (χ0v) is 9.72. The number of nitrogens with one attached hydrogen (secondary N) is 1. The molecule has 0 aliphatic rings. The lowest BCUT2D eigenvalue weighted by Gasteiger charge is -2.07. The van der Waals surface area contributed by atoms with E-state index in [9.17, 15) is 9.18 Å². The number of carbonyl (C=O) groups is 1. The predicted molar refractivity (Wildman–Crippen MR) is 67.7 cm³/mol. The molecule has 2 aromatic rings. The number of rotatable bonds is 2. The van der Waals surface area contributed by atoms with E-state index in [0.29, 0.717) is 11.3 Å². The summed E-state index contributed by atoms with van der Waals surface area (Å²) < 4.78 is 13.0. The quantitative estimate of drug-likeness (QED) is 0.858. The minimum absolute atomic E-state index is 0.0534. The van der Waals surface area contributed by atoms with Gasteiger partial charge in [-0.25, -0.2) is 9.37 Å². The van der Waals surface area contributed by atoms with Crippen LogP contribution >= 0.6 is 0 Å². The molecule has 0 aliphatic heterocycles. The van der Waals surface area contributed by atoms with Crippen molar-refractivity contribution in [1.82, 2.24) is 4.98 Å². The summed E-state index contributed by atoms with van der Waals surface area (Å²) in [6.45, 7) is 0. The number of nitrogens with zero attached hydrogens (tertiary/aromatic N) is 2. The van der Waals surface area contributed by atoms with Gasteiger partial charge in [-0.05, 0) is 24.3 Å². The fraction of sp³-hybridized carbons (Fsp3) is 0. The van der Waals surface area contributed by atoms with Gasteiger partial charge in [-0.1, -0.05) is 6.07 Å². The zero-order chi connectivity index (χ0) is 13.8. The molecule has 0 spiro atoms. The van der Waals surface area contributed by atoms with Gasteiger partial charge < -0.3 is 11.1 Å². The lowest BCUT2D eigenvalue weighted by molar-refractivity contribution is 0.102. The Bertz CT molecular complexity index is 679. The molecule has 6 heteroatoms. The highest BCUT2D eigenvalue weighted by Gasteiger charge is 2.12. The molecular weight excluding hydrogens is 247 g/mol. The monoisotopic (exact) mass is 256 g/mol. The predicted octanol–water partition coefficient (Wildman–Crippen LogP) is 1.93. The van der Waals surface area contributed by atoms with E-state index < -0.39 is 11.7 Å².